The predicted octanol–water partition coefficient (Wildman–Crippen LogP) is 5.36. The molecule has 0 fully saturated rings. The van der Waals surface area contributed by atoms with E-state index in [4.69, 9.17) is 10.5 Å². The van der Waals surface area contributed by atoms with Crippen molar-refractivity contribution in [3.05, 3.63) is 0 Å². The van der Waals surface area contributed by atoms with Gasteiger partial charge in [0.1, 0.15) is 6.04 Å². The van der Waals surface area contributed by atoms with E-state index in [2.05, 4.69) is 6.92 Å². The molecule has 22 heavy (non-hydrogen) atoms. The number of nitrogens with two attached hydrogens (primary N) is 1. The van der Waals surface area contributed by atoms with Crippen molar-refractivity contribution in [3.63, 3.8) is 0 Å². The highest BCUT2D eigenvalue weighted by atomic mass is 16.5. The van der Waals surface area contributed by atoms with Crippen LogP contribution in [0.4, 0.5) is 0 Å². The second-order valence-electron chi connectivity index (χ2n) is 6.55. The van der Waals surface area contributed by atoms with Crippen molar-refractivity contribution in [3.8, 4) is 0 Å². The van der Waals surface area contributed by atoms with Gasteiger partial charge in [-0.25, -0.2) is 0 Å². The summed E-state index contributed by atoms with van der Waals surface area (Å²) in [6.45, 7) is 4.46. The van der Waals surface area contributed by atoms with E-state index in [0.29, 0.717) is 6.61 Å². The van der Waals surface area contributed by atoms with Crippen molar-refractivity contribution in [1.82, 2.24) is 0 Å². The van der Waals surface area contributed by atoms with Crippen molar-refractivity contribution in [2.45, 2.75) is 110 Å². The molecule has 0 aliphatic rings. The van der Waals surface area contributed by atoms with E-state index in [0.717, 1.165) is 12.8 Å². The highest BCUT2D eigenvalue weighted by Crippen LogP contribution is 2.12. The molecule has 0 radical (unpaired) electrons. The molecular formula is C19H39NO2. The molecule has 0 aromatic heterocycles. The first-order valence-corrected chi connectivity index (χ1v) is 9.60. The second-order valence-corrected chi connectivity index (χ2v) is 6.55. The minimum Gasteiger partial charge on any atom is -0.465 e. The zero-order valence-corrected chi connectivity index (χ0v) is 15.1. The molecule has 0 aromatic rings. The summed E-state index contributed by atoms with van der Waals surface area (Å²) in [4.78, 5) is 11.1. The Hall–Kier alpha value is -0.570. The Labute approximate surface area is 138 Å². The van der Waals surface area contributed by atoms with Gasteiger partial charge in [-0.15, -0.1) is 0 Å². The molecule has 0 unspecified atom stereocenters. The molecule has 0 aliphatic carbocycles. The molecule has 0 spiro atoms. The first kappa shape index (κ1) is 21.4. The zero-order chi connectivity index (χ0) is 16.5. The number of unbranched alkanes of at least 4 members (excludes halogenated alkanes) is 13. The summed E-state index contributed by atoms with van der Waals surface area (Å²) in [5, 5.41) is 0. The molecule has 3 heteroatoms. The number of ether oxygens (including phenoxy) is 1. The van der Waals surface area contributed by atoms with Crippen molar-refractivity contribution in [1.29, 1.82) is 0 Å². The number of carbonyl (C=O) groups excluding carboxylic acids is 1. The number of esters is 1. The van der Waals surface area contributed by atoms with Crippen molar-refractivity contribution < 1.29 is 9.53 Å². The third kappa shape index (κ3) is 15.8. The molecule has 0 aliphatic heterocycles. The van der Waals surface area contributed by atoms with E-state index in [-0.39, 0.29) is 5.97 Å². The lowest BCUT2D eigenvalue weighted by Gasteiger charge is -2.06. The van der Waals surface area contributed by atoms with Gasteiger partial charge in [-0.2, -0.15) is 0 Å². The molecule has 2 N–H and O–H groups in total. The van der Waals surface area contributed by atoms with Crippen LogP contribution in [0.25, 0.3) is 0 Å². The van der Waals surface area contributed by atoms with Gasteiger partial charge in [0.15, 0.2) is 0 Å². The minimum absolute atomic E-state index is 0.283. The number of hydrogen-bond acceptors (Lipinski definition) is 3. The molecule has 1 atom stereocenters. The summed E-state index contributed by atoms with van der Waals surface area (Å²) in [7, 11) is 0. The third-order valence-electron chi connectivity index (χ3n) is 4.11. The van der Waals surface area contributed by atoms with Gasteiger partial charge in [0.05, 0.1) is 6.61 Å². The summed E-state index contributed by atoms with van der Waals surface area (Å²) in [5.74, 6) is -0.283. The fourth-order valence-electron chi connectivity index (χ4n) is 2.60. The second kappa shape index (κ2) is 16.8. The molecule has 3 nitrogen and oxygen atoms in total. The van der Waals surface area contributed by atoms with E-state index in [1.54, 1.807) is 6.92 Å². The van der Waals surface area contributed by atoms with Gasteiger partial charge in [-0.1, -0.05) is 90.4 Å². The van der Waals surface area contributed by atoms with Crippen LogP contribution in [0.3, 0.4) is 0 Å². The van der Waals surface area contributed by atoms with Crippen LogP contribution in [0.5, 0.6) is 0 Å². The van der Waals surface area contributed by atoms with Crippen LogP contribution in [0.15, 0.2) is 0 Å². The van der Waals surface area contributed by atoms with Crippen LogP contribution in [-0.2, 0) is 9.53 Å². The summed E-state index contributed by atoms with van der Waals surface area (Å²) >= 11 is 0. The Morgan fingerprint density at radius 2 is 1.14 bits per heavy atom. The van der Waals surface area contributed by atoms with Gasteiger partial charge in [0.2, 0.25) is 0 Å². The molecule has 0 aromatic carbocycles. The maximum Gasteiger partial charge on any atom is 0.322 e. The monoisotopic (exact) mass is 313 g/mol. The summed E-state index contributed by atoms with van der Waals surface area (Å²) < 4.78 is 5.05. The van der Waals surface area contributed by atoms with Gasteiger partial charge in [0, 0.05) is 0 Å². The Bertz CT molecular complexity index is 242. The topological polar surface area (TPSA) is 52.3 Å². The Morgan fingerprint density at radius 3 is 1.50 bits per heavy atom. The molecule has 0 saturated carbocycles. The van der Waals surface area contributed by atoms with E-state index < -0.39 is 6.04 Å². The average molecular weight is 314 g/mol. The van der Waals surface area contributed by atoms with E-state index in [1.807, 2.05) is 0 Å². The van der Waals surface area contributed by atoms with Gasteiger partial charge < -0.3 is 10.5 Å². The highest BCUT2D eigenvalue weighted by molar-refractivity contribution is 5.74. The first-order valence-electron chi connectivity index (χ1n) is 9.60. The van der Waals surface area contributed by atoms with Crippen LogP contribution in [0.1, 0.15) is 104 Å². The van der Waals surface area contributed by atoms with Gasteiger partial charge in [0.25, 0.3) is 0 Å². The molecule has 0 heterocycles. The lowest BCUT2D eigenvalue weighted by atomic mass is 10.0. The Kier molecular flexibility index (Phi) is 16.4. The molecular weight excluding hydrogens is 274 g/mol. The van der Waals surface area contributed by atoms with Crippen LogP contribution in [0.2, 0.25) is 0 Å². The molecule has 0 amide bonds. The smallest absolute Gasteiger partial charge is 0.322 e. The standard InChI is InChI=1S/C19H39NO2/c1-3-4-5-6-7-8-9-10-11-12-13-14-15-16-17-22-19(21)18(2)20/h18H,3-17,20H2,1-2H3/t18-/m1/s1. The van der Waals surface area contributed by atoms with Crippen LogP contribution in [0, 0.1) is 0 Å². The maximum absolute atomic E-state index is 11.1. The summed E-state index contributed by atoms with van der Waals surface area (Å²) in [5.41, 5.74) is 5.42. The van der Waals surface area contributed by atoms with Crippen molar-refractivity contribution in [2.24, 2.45) is 5.73 Å². The lowest BCUT2D eigenvalue weighted by Crippen LogP contribution is -2.28. The van der Waals surface area contributed by atoms with E-state index in [9.17, 15) is 4.79 Å². The van der Waals surface area contributed by atoms with Crippen molar-refractivity contribution in [2.75, 3.05) is 6.61 Å². The predicted molar refractivity (Wildman–Crippen MR) is 94.9 cm³/mol. The zero-order valence-electron chi connectivity index (χ0n) is 15.1. The van der Waals surface area contributed by atoms with Crippen molar-refractivity contribution >= 4 is 5.97 Å². The lowest BCUT2D eigenvalue weighted by molar-refractivity contribution is -0.144. The quantitative estimate of drug-likeness (QED) is 0.308. The van der Waals surface area contributed by atoms with Gasteiger partial charge in [-0.05, 0) is 13.3 Å². The Morgan fingerprint density at radius 1 is 0.773 bits per heavy atom. The average Bonchev–Trinajstić information content (AvgIpc) is 2.50. The SMILES string of the molecule is CCCCCCCCCCCCCCCCOC(=O)[C@@H](C)N. The Balaban J connectivity index is 3.04. The van der Waals surface area contributed by atoms with E-state index >= 15 is 0 Å². The molecule has 0 bridgehead atoms. The third-order valence-corrected chi connectivity index (χ3v) is 4.11. The number of rotatable bonds is 16. The summed E-state index contributed by atoms with van der Waals surface area (Å²) in [6, 6.07) is -0.494. The fourth-order valence-corrected chi connectivity index (χ4v) is 2.60. The van der Waals surface area contributed by atoms with Crippen LogP contribution >= 0.6 is 0 Å². The molecule has 0 saturated heterocycles. The largest absolute Gasteiger partial charge is 0.465 e. The number of hydrogen-bond donors (Lipinski definition) is 1. The van der Waals surface area contributed by atoms with Crippen LogP contribution in [-0.4, -0.2) is 18.6 Å². The summed E-state index contributed by atoms with van der Waals surface area (Å²) in [6.07, 6.45) is 18.7. The molecule has 132 valence electrons. The van der Waals surface area contributed by atoms with E-state index in [1.165, 1.54) is 77.0 Å². The fraction of sp³-hybridized carbons (Fsp3) is 0.947. The maximum atomic E-state index is 11.1. The number of carbonyl (C=O) groups is 1. The normalized spacial score (nSPS) is 12.3. The van der Waals surface area contributed by atoms with Gasteiger partial charge >= 0.3 is 5.97 Å². The highest BCUT2D eigenvalue weighted by Gasteiger charge is 2.07. The first-order chi connectivity index (χ1) is 10.7. The van der Waals surface area contributed by atoms with Crippen LogP contribution < -0.4 is 5.73 Å². The minimum atomic E-state index is -0.494. The molecule has 0 rings (SSSR count). The van der Waals surface area contributed by atoms with Gasteiger partial charge in [-0.3, -0.25) is 4.79 Å².